The fraction of sp³-hybridized carbons (Fsp3) is 0.444. The van der Waals surface area contributed by atoms with E-state index >= 15 is 0 Å². The number of para-hydroxylation sites is 2. The molecule has 0 aliphatic carbocycles. The van der Waals surface area contributed by atoms with Crippen LogP contribution in [0.5, 0.6) is 11.5 Å². The number of fused-ring (bicyclic) bond motifs is 1. The van der Waals surface area contributed by atoms with E-state index in [2.05, 4.69) is 10.2 Å². The van der Waals surface area contributed by atoms with Crippen molar-refractivity contribution in [2.24, 2.45) is 0 Å². The Hall–Kier alpha value is -2.50. The molecule has 1 fully saturated rings. The number of piperidine rings is 1. The largest absolute Gasteiger partial charge is 0.482 e. The minimum Gasteiger partial charge on any atom is -0.482 e. The predicted octanol–water partition coefficient (Wildman–Crippen LogP) is 2.34. The van der Waals surface area contributed by atoms with E-state index in [1.165, 1.54) is 0 Å². The van der Waals surface area contributed by atoms with E-state index in [1.54, 1.807) is 6.20 Å². The first-order valence-electron chi connectivity index (χ1n) is 8.43. The summed E-state index contributed by atoms with van der Waals surface area (Å²) in [5, 5.41) is 7.04. The van der Waals surface area contributed by atoms with Crippen LogP contribution in [-0.2, 0) is 4.79 Å². The standard InChI is InChI=1S/C18H21N3O3/c1-12-17(24-16-7-3-2-6-15(16)23-12)18(22)21-10-4-5-13(11-21)14-8-9-19-20-14/h2-3,6-9,12-13,17H,4-5,10-11H2,1H3,(H,19,20)/t12-,13+,17+/m0/s1. The molecule has 3 atom stereocenters. The van der Waals surface area contributed by atoms with Crippen LogP contribution < -0.4 is 9.47 Å². The molecule has 3 heterocycles. The van der Waals surface area contributed by atoms with Gasteiger partial charge in [-0.25, -0.2) is 0 Å². The number of amides is 1. The Morgan fingerprint density at radius 1 is 1.25 bits per heavy atom. The van der Waals surface area contributed by atoms with Crippen LogP contribution in [0.4, 0.5) is 0 Å². The van der Waals surface area contributed by atoms with Gasteiger partial charge < -0.3 is 14.4 Å². The molecule has 1 aromatic carbocycles. The Kier molecular flexibility index (Phi) is 3.88. The van der Waals surface area contributed by atoms with E-state index in [1.807, 2.05) is 42.2 Å². The highest BCUT2D eigenvalue weighted by molar-refractivity contribution is 5.82. The van der Waals surface area contributed by atoms with Crippen molar-refractivity contribution in [1.29, 1.82) is 0 Å². The summed E-state index contributed by atoms with van der Waals surface area (Å²) in [5.41, 5.74) is 1.09. The third-order valence-electron chi connectivity index (χ3n) is 4.78. The molecule has 2 aliphatic heterocycles. The van der Waals surface area contributed by atoms with Gasteiger partial charge in [-0.2, -0.15) is 5.10 Å². The molecule has 0 radical (unpaired) electrons. The van der Waals surface area contributed by atoms with Gasteiger partial charge in [-0.05, 0) is 38.0 Å². The zero-order chi connectivity index (χ0) is 16.5. The maximum absolute atomic E-state index is 13.0. The van der Waals surface area contributed by atoms with Gasteiger partial charge in [-0.1, -0.05) is 12.1 Å². The Morgan fingerprint density at radius 2 is 2.04 bits per heavy atom. The normalized spacial score (nSPS) is 26.2. The van der Waals surface area contributed by atoms with E-state index in [4.69, 9.17) is 9.47 Å². The molecule has 0 spiro atoms. The van der Waals surface area contributed by atoms with Gasteiger partial charge in [0.1, 0.15) is 6.10 Å². The van der Waals surface area contributed by atoms with Crippen LogP contribution in [0.1, 0.15) is 31.4 Å². The average Bonchev–Trinajstić information content (AvgIpc) is 3.15. The lowest BCUT2D eigenvalue weighted by molar-refractivity contribution is -0.145. The van der Waals surface area contributed by atoms with E-state index < -0.39 is 6.10 Å². The number of carbonyl (C=O) groups excluding carboxylic acids is 1. The highest BCUT2D eigenvalue weighted by Crippen LogP contribution is 2.34. The Morgan fingerprint density at radius 3 is 2.79 bits per heavy atom. The number of rotatable bonds is 2. The second-order valence-corrected chi connectivity index (χ2v) is 6.44. The third kappa shape index (κ3) is 2.72. The van der Waals surface area contributed by atoms with Crippen molar-refractivity contribution in [2.75, 3.05) is 13.1 Å². The van der Waals surface area contributed by atoms with Crippen molar-refractivity contribution < 1.29 is 14.3 Å². The second-order valence-electron chi connectivity index (χ2n) is 6.44. The lowest BCUT2D eigenvalue weighted by Gasteiger charge is -2.37. The third-order valence-corrected chi connectivity index (χ3v) is 4.78. The molecule has 1 amide bonds. The van der Waals surface area contributed by atoms with Gasteiger partial charge >= 0.3 is 0 Å². The van der Waals surface area contributed by atoms with Crippen molar-refractivity contribution in [3.8, 4) is 11.5 Å². The van der Waals surface area contributed by atoms with Gasteiger partial charge in [0, 0.05) is 30.9 Å². The summed E-state index contributed by atoms with van der Waals surface area (Å²) in [6, 6.07) is 9.47. The van der Waals surface area contributed by atoms with Crippen LogP contribution in [0.2, 0.25) is 0 Å². The average molecular weight is 327 g/mol. The van der Waals surface area contributed by atoms with Crippen LogP contribution in [0, 0.1) is 0 Å². The highest BCUT2D eigenvalue weighted by atomic mass is 16.6. The van der Waals surface area contributed by atoms with Crippen molar-refractivity contribution in [3.63, 3.8) is 0 Å². The molecule has 24 heavy (non-hydrogen) atoms. The molecule has 0 unspecified atom stereocenters. The summed E-state index contributed by atoms with van der Waals surface area (Å²) in [7, 11) is 0. The van der Waals surface area contributed by atoms with Crippen molar-refractivity contribution in [1.82, 2.24) is 15.1 Å². The molecule has 1 aromatic heterocycles. The molecule has 6 heteroatoms. The quantitative estimate of drug-likeness (QED) is 0.919. The molecule has 126 valence electrons. The molecule has 2 aromatic rings. The molecule has 0 saturated carbocycles. The minimum atomic E-state index is -0.597. The molecule has 0 bridgehead atoms. The van der Waals surface area contributed by atoms with E-state index in [9.17, 15) is 4.79 Å². The summed E-state index contributed by atoms with van der Waals surface area (Å²) >= 11 is 0. The van der Waals surface area contributed by atoms with Gasteiger partial charge in [0.05, 0.1) is 0 Å². The number of ether oxygens (including phenoxy) is 2. The number of nitrogens with one attached hydrogen (secondary N) is 1. The number of carbonyl (C=O) groups is 1. The maximum atomic E-state index is 13.0. The van der Waals surface area contributed by atoms with Gasteiger partial charge in [0.2, 0.25) is 6.10 Å². The Bertz CT molecular complexity index is 716. The number of aromatic amines is 1. The number of aromatic nitrogens is 2. The zero-order valence-corrected chi connectivity index (χ0v) is 13.6. The zero-order valence-electron chi connectivity index (χ0n) is 13.6. The fourth-order valence-corrected chi connectivity index (χ4v) is 3.50. The number of hydrogen-bond acceptors (Lipinski definition) is 4. The predicted molar refractivity (Wildman–Crippen MR) is 88.1 cm³/mol. The molecule has 6 nitrogen and oxygen atoms in total. The maximum Gasteiger partial charge on any atom is 0.267 e. The van der Waals surface area contributed by atoms with Gasteiger partial charge in [-0.15, -0.1) is 0 Å². The van der Waals surface area contributed by atoms with Crippen molar-refractivity contribution in [3.05, 3.63) is 42.2 Å². The second kappa shape index (κ2) is 6.19. The summed E-state index contributed by atoms with van der Waals surface area (Å²) in [4.78, 5) is 14.9. The number of hydrogen-bond donors (Lipinski definition) is 1. The summed E-state index contributed by atoms with van der Waals surface area (Å²) in [5.74, 6) is 1.64. The van der Waals surface area contributed by atoms with E-state index in [0.29, 0.717) is 24.0 Å². The van der Waals surface area contributed by atoms with Crippen LogP contribution in [-0.4, -0.2) is 46.3 Å². The highest BCUT2D eigenvalue weighted by Gasteiger charge is 2.38. The number of likely N-dealkylation sites (tertiary alicyclic amines) is 1. The van der Waals surface area contributed by atoms with Crippen LogP contribution in [0.15, 0.2) is 36.5 Å². The topological polar surface area (TPSA) is 67.5 Å². The monoisotopic (exact) mass is 327 g/mol. The SMILES string of the molecule is C[C@@H]1Oc2ccccc2O[C@H]1C(=O)N1CCC[C@@H](c2ccn[nH]2)C1. The fourth-order valence-electron chi connectivity index (χ4n) is 3.50. The van der Waals surface area contributed by atoms with Crippen LogP contribution >= 0.6 is 0 Å². The minimum absolute atomic E-state index is 0.00113. The molecular weight excluding hydrogens is 306 g/mol. The molecule has 2 aliphatic rings. The van der Waals surface area contributed by atoms with E-state index in [0.717, 1.165) is 25.1 Å². The summed E-state index contributed by atoms with van der Waals surface area (Å²) in [6.45, 7) is 3.34. The Labute approximate surface area is 140 Å². The first kappa shape index (κ1) is 15.1. The molecular formula is C18H21N3O3. The van der Waals surface area contributed by atoms with Gasteiger partial charge in [0.25, 0.3) is 5.91 Å². The smallest absolute Gasteiger partial charge is 0.267 e. The molecule has 1 saturated heterocycles. The van der Waals surface area contributed by atoms with E-state index in [-0.39, 0.29) is 12.0 Å². The number of benzene rings is 1. The summed E-state index contributed by atoms with van der Waals surface area (Å²) < 4.78 is 11.8. The summed E-state index contributed by atoms with van der Waals surface area (Å²) in [6.07, 6.45) is 2.90. The van der Waals surface area contributed by atoms with Crippen molar-refractivity contribution >= 4 is 5.91 Å². The Balaban J connectivity index is 1.49. The van der Waals surface area contributed by atoms with Crippen LogP contribution in [0.3, 0.4) is 0 Å². The van der Waals surface area contributed by atoms with Gasteiger partial charge in [-0.3, -0.25) is 9.89 Å². The lowest BCUT2D eigenvalue weighted by atomic mass is 9.94. The first-order chi connectivity index (χ1) is 11.7. The first-order valence-corrected chi connectivity index (χ1v) is 8.43. The van der Waals surface area contributed by atoms with Crippen LogP contribution in [0.25, 0.3) is 0 Å². The number of H-pyrrole nitrogens is 1. The number of nitrogens with zero attached hydrogens (tertiary/aromatic N) is 2. The molecule has 4 rings (SSSR count). The van der Waals surface area contributed by atoms with Gasteiger partial charge in [0.15, 0.2) is 11.5 Å². The molecule has 1 N–H and O–H groups in total. The lowest BCUT2D eigenvalue weighted by Crippen LogP contribution is -2.52. The van der Waals surface area contributed by atoms with Crippen molar-refractivity contribution in [2.45, 2.75) is 37.9 Å².